The summed E-state index contributed by atoms with van der Waals surface area (Å²) in [5, 5.41) is 0.658. The Labute approximate surface area is 66.2 Å². The molecule has 0 aliphatic heterocycles. The molecule has 0 heterocycles. The van der Waals surface area contributed by atoms with Gasteiger partial charge in [-0.1, -0.05) is 11.6 Å². The van der Waals surface area contributed by atoms with Crippen LogP contribution in [-0.4, -0.2) is 14.1 Å². The van der Waals surface area contributed by atoms with Crippen LogP contribution in [0.5, 0.6) is 0 Å². The normalized spacial score (nSPS) is 9.50. The van der Waals surface area contributed by atoms with Crippen molar-refractivity contribution in [2.45, 2.75) is 0 Å². The molecule has 0 unspecified atom stereocenters. The first-order chi connectivity index (χ1) is 4.70. The molecule has 0 bridgehead atoms. The highest BCUT2D eigenvalue weighted by Gasteiger charge is 1.92. The van der Waals surface area contributed by atoms with Gasteiger partial charge in [0.05, 0.1) is 0 Å². The SMILES string of the molecule is CN(C)c1c[c]c(Cl)cc1. The molecule has 0 N–H and O–H groups in total. The fourth-order valence-electron chi connectivity index (χ4n) is 0.676. The van der Waals surface area contributed by atoms with E-state index < -0.39 is 0 Å². The molecule has 1 aromatic rings. The second-order valence-electron chi connectivity index (χ2n) is 2.29. The Morgan fingerprint density at radius 1 is 1.40 bits per heavy atom. The molecule has 0 amide bonds. The van der Waals surface area contributed by atoms with Crippen molar-refractivity contribution in [1.82, 2.24) is 0 Å². The van der Waals surface area contributed by atoms with Gasteiger partial charge in [0, 0.05) is 30.9 Å². The van der Waals surface area contributed by atoms with Gasteiger partial charge in [0.25, 0.3) is 0 Å². The number of halogens is 1. The fraction of sp³-hybridized carbons (Fsp3) is 0.250. The van der Waals surface area contributed by atoms with Crippen LogP contribution in [0.1, 0.15) is 0 Å². The Morgan fingerprint density at radius 2 is 2.10 bits per heavy atom. The van der Waals surface area contributed by atoms with Gasteiger partial charge in [-0.25, -0.2) is 0 Å². The molecule has 0 aliphatic carbocycles. The van der Waals surface area contributed by atoms with E-state index in [1.54, 1.807) is 0 Å². The van der Waals surface area contributed by atoms with Crippen LogP contribution in [0.25, 0.3) is 0 Å². The summed E-state index contributed by atoms with van der Waals surface area (Å²) in [5.74, 6) is 0. The zero-order valence-corrected chi connectivity index (χ0v) is 6.81. The maximum absolute atomic E-state index is 5.64. The van der Waals surface area contributed by atoms with Crippen molar-refractivity contribution in [2.24, 2.45) is 0 Å². The number of hydrogen-bond acceptors (Lipinski definition) is 1. The first-order valence-corrected chi connectivity index (χ1v) is 3.42. The Bertz CT molecular complexity index is 203. The van der Waals surface area contributed by atoms with Crippen LogP contribution in [0.15, 0.2) is 18.2 Å². The molecule has 0 fully saturated rings. The summed E-state index contributed by atoms with van der Waals surface area (Å²) in [6, 6.07) is 8.56. The van der Waals surface area contributed by atoms with E-state index in [1.165, 1.54) is 0 Å². The Morgan fingerprint density at radius 3 is 2.50 bits per heavy atom. The molecule has 10 heavy (non-hydrogen) atoms. The van der Waals surface area contributed by atoms with Crippen LogP contribution in [0, 0.1) is 6.07 Å². The predicted molar refractivity (Wildman–Crippen MR) is 44.6 cm³/mol. The van der Waals surface area contributed by atoms with E-state index in [-0.39, 0.29) is 0 Å². The van der Waals surface area contributed by atoms with Crippen LogP contribution in [0.4, 0.5) is 5.69 Å². The van der Waals surface area contributed by atoms with Gasteiger partial charge in [-0.3, -0.25) is 0 Å². The predicted octanol–water partition coefficient (Wildman–Crippen LogP) is 2.21. The number of benzene rings is 1. The van der Waals surface area contributed by atoms with E-state index in [4.69, 9.17) is 11.6 Å². The quantitative estimate of drug-likeness (QED) is 0.600. The molecule has 0 aliphatic rings. The lowest BCUT2D eigenvalue weighted by molar-refractivity contribution is 1.13. The number of nitrogens with zero attached hydrogens (tertiary/aromatic N) is 1. The van der Waals surface area contributed by atoms with Crippen LogP contribution in [0.3, 0.4) is 0 Å². The molecule has 1 nitrogen and oxygen atoms in total. The highest BCUT2D eigenvalue weighted by molar-refractivity contribution is 6.30. The lowest BCUT2D eigenvalue weighted by atomic mass is 10.3. The molecule has 1 radical (unpaired) electrons. The maximum atomic E-state index is 5.64. The summed E-state index contributed by atoms with van der Waals surface area (Å²) in [6.45, 7) is 0. The van der Waals surface area contributed by atoms with Crippen molar-refractivity contribution in [2.75, 3.05) is 19.0 Å². The van der Waals surface area contributed by atoms with Crippen molar-refractivity contribution in [1.29, 1.82) is 0 Å². The fourth-order valence-corrected chi connectivity index (χ4v) is 0.793. The van der Waals surface area contributed by atoms with Gasteiger partial charge in [0.2, 0.25) is 0 Å². The maximum Gasteiger partial charge on any atom is 0.0486 e. The highest BCUT2D eigenvalue weighted by Crippen LogP contribution is 2.14. The zero-order chi connectivity index (χ0) is 7.56. The van der Waals surface area contributed by atoms with E-state index in [9.17, 15) is 0 Å². The molecule has 53 valence electrons. The molecule has 2 heteroatoms. The molecular formula is C8H9ClN. The van der Waals surface area contributed by atoms with E-state index in [0.717, 1.165) is 5.69 Å². The smallest absolute Gasteiger partial charge is 0.0486 e. The Balaban J connectivity index is 2.89. The third-order valence-electron chi connectivity index (χ3n) is 1.27. The first-order valence-electron chi connectivity index (χ1n) is 3.05. The van der Waals surface area contributed by atoms with E-state index in [2.05, 4.69) is 6.07 Å². The van der Waals surface area contributed by atoms with Gasteiger partial charge in [0.1, 0.15) is 0 Å². The minimum atomic E-state index is 0.658. The van der Waals surface area contributed by atoms with Gasteiger partial charge in [-0.05, 0) is 18.2 Å². The number of rotatable bonds is 1. The molecule has 0 atom stereocenters. The summed E-state index contributed by atoms with van der Waals surface area (Å²) >= 11 is 5.64. The number of anilines is 1. The van der Waals surface area contributed by atoms with Crippen LogP contribution in [0.2, 0.25) is 5.02 Å². The van der Waals surface area contributed by atoms with E-state index >= 15 is 0 Å². The highest BCUT2D eigenvalue weighted by atomic mass is 35.5. The van der Waals surface area contributed by atoms with Crippen molar-refractivity contribution in [3.63, 3.8) is 0 Å². The summed E-state index contributed by atoms with van der Waals surface area (Å²) in [7, 11) is 3.97. The first kappa shape index (κ1) is 7.42. The third kappa shape index (κ3) is 1.64. The van der Waals surface area contributed by atoms with E-state index in [1.807, 2.05) is 37.2 Å². The lowest BCUT2D eigenvalue weighted by Crippen LogP contribution is -2.07. The summed E-state index contributed by atoms with van der Waals surface area (Å²) < 4.78 is 0. The standard InChI is InChI=1S/C8H9ClN/c1-10(2)8-5-3-7(9)4-6-8/h3,5-6H,1-2H3. The van der Waals surface area contributed by atoms with Crippen molar-refractivity contribution < 1.29 is 0 Å². The minimum absolute atomic E-state index is 0.658. The van der Waals surface area contributed by atoms with E-state index in [0.29, 0.717) is 5.02 Å². The van der Waals surface area contributed by atoms with Crippen molar-refractivity contribution >= 4 is 17.3 Å². The van der Waals surface area contributed by atoms with Crippen LogP contribution < -0.4 is 4.90 Å². The van der Waals surface area contributed by atoms with Gasteiger partial charge < -0.3 is 4.90 Å². The second-order valence-corrected chi connectivity index (χ2v) is 2.70. The zero-order valence-electron chi connectivity index (χ0n) is 6.06. The molecular weight excluding hydrogens is 146 g/mol. The van der Waals surface area contributed by atoms with Gasteiger partial charge in [-0.2, -0.15) is 0 Å². The average molecular weight is 155 g/mol. The summed E-state index contributed by atoms with van der Waals surface area (Å²) in [4.78, 5) is 2.01. The molecule has 1 rings (SSSR count). The largest absolute Gasteiger partial charge is 0.378 e. The average Bonchev–Trinajstić information content (AvgIpc) is 1.88. The van der Waals surface area contributed by atoms with Crippen molar-refractivity contribution in [3.05, 3.63) is 29.3 Å². The summed E-state index contributed by atoms with van der Waals surface area (Å²) in [6.07, 6.45) is 0. The monoisotopic (exact) mass is 154 g/mol. The molecule has 0 spiro atoms. The minimum Gasteiger partial charge on any atom is -0.378 e. The Hall–Kier alpha value is -0.690. The topological polar surface area (TPSA) is 3.24 Å². The van der Waals surface area contributed by atoms with Crippen molar-refractivity contribution in [3.8, 4) is 0 Å². The summed E-state index contributed by atoms with van der Waals surface area (Å²) in [5.41, 5.74) is 1.12. The molecule has 0 saturated heterocycles. The van der Waals surface area contributed by atoms with Crippen LogP contribution >= 0.6 is 11.6 Å². The molecule has 0 saturated carbocycles. The van der Waals surface area contributed by atoms with Gasteiger partial charge in [-0.15, -0.1) is 0 Å². The number of hydrogen-bond donors (Lipinski definition) is 0. The Kier molecular flexibility index (Phi) is 2.17. The van der Waals surface area contributed by atoms with Gasteiger partial charge in [0.15, 0.2) is 0 Å². The second kappa shape index (κ2) is 2.93. The lowest BCUT2D eigenvalue weighted by Gasteiger charge is -2.10. The molecule has 0 aromatic heterocycles. The molecule has 1 aromatic carbocycles. The van der Waals surface area contributed by atoms with Gasteiger partial charge >= 0.3 is 0 Å². The van der Waals surface area contributed by atoms with Crippen LogP contribution in [-0.2, 0) is 0 Å². The third-order valence-corrected chi connectivity index (χ3v) is 1.51.